The topological polar surface area (TPSA) is 57.3 Å². The van der Waals surface area contributed by atoms with Crippen molar-refractivity contribution < 1.29 is 4.79 Å². The van der Waals surface area contributed by atoms with Gasteiger partial charge in [0.1, 0.15) is 5.82 Å². The SMILES string of the molecule is CC1CCC(NC(=O)NC2CCN(c3ccccn3)CC2)CC1. The Bertz CT molecular complexity index is 491. The molecular formula is C18H28N4O. The Hall–Kier alpha value is -1.78. The number of amides is 2. The molecule has 126 valence electrons. The molecule has 1 aliphatic heterocycles. The number of rotatable bonds is 3. The number of aromatic nitrogens is 1. The van der Waals surface area contributed by atoms with Crippen LogP contribution >= 0.6 is 0 Å². The van der Waals surface area contributed by atoms with Gasteiger partial charge >= 0.3 is 6.03 Å². The maximum Gasteiger partial charge on any atom is 0.315 e. The van der Waals surface area contributed by atoms with Crippen LogP contribution in [-0.2, 0) is 0 Å². The van der Waals surface area contributed by atoms with E-state index in [9.17, 15) is 4.79 Å². The van der Waals surface area contributed by atoms with E-state index in [0.29, 0.717) is 6.04 Å². The summed E-state index contributed by atoms with van der Waals surface area (Å²) in [7, 11) is 0. The van der Waals surface area contributed by atoms with Gasteiger partial charge in [-0.1, -0.05) is 13.0 Å². The van der Waals surface area contributed by atoms with Gasteiger partial charge in [-0.05, 0) is 56.6 Å². The maximum atomic E-state index is 12.2. The van der Waals surface area contributed by atoms with Gasteiger partial charge in [-0.15, -0.1) is 0 Å². The highest BCUT2D eigenvalue weighted by Gasteiger charge is 2.23. The maximum absolute atomic E-state index is 12.2. The predicted octanol–water partition coefficient (Wildman–Crippen LogP) is 2.93. The van der Waals surface area contributed by atoms with Crippen LogP contribution in [-0.4, -0.2) is 36.2 Å². The molecule has 1 saturated carbocycles. The molecular weight excluding hydrogens is 288 g/mol. The lowest BCUT2D eigenvalue weighted by Gasteiger charge is -2.34. The van der Waals surface area contributed by atoms with Crippen LogP contribution < -0.4 is 15.5 Å². The molecule has 1 aromatic heterocycles. The fraction of sp³-hybridized carbons (Fsp3) is 0.667. The van der Waals surface area contributed by atoms with Crippen molar-refractivity contribution in [3.8, 4) is 0 Å². The van der Waals surface area contributed by atoms with Crippen molar-refractivity contribution >= 4 is 11.8 Å². The molecule has 1 aromatic rings. The van der Waals surface area contributed by atoms with Gasteiger partial charge in [0.2, 0.25) is 0 Å². The Morgan fingerprint density at radius 1 is 1.04 bits per heavy atom. The summed E-state index contributed by atoms with van der Waals surface area (Å²) in [6, 6.07) is 6.65. The molecule has 5 heteroatoms. The van der Waals surface area contributed by atoms with Gasteiger partial charge in [0.15, 0.2) is 0 Å². The lowest BCUT2D eigenvalue weighted by Crippen LogP contribution is -2.50. The first-order chi connectivity index (χ1) is 11.2. The van der Waals surface area contributed by atoms with Gasteiger partial charge in [-0.25, -0.2) is 9.78 Å². The number of anilines is 1. The van der Waals surface area contributed by atoms with E-state index < -0.39 is 0 Å². The number of carbonyl (C=O) groups is 1. The van der Waals surface area contributed by atoms with E-state index in [0.717, 1.165) is 50.5 Å². The van der Waals surface area contributed by atoms with Crippen molar-refractivity contribution in [2.24, 2.45) is 5.92 Å². The second-order valence-electron chi connectivity index (χ2n) is 7.02. The third-order valence-electron chi connectivity index (χ3n) is 5.15. The van der Waals surface area contributed by atoms with E-state index in [4.69, 9.17) is 0 Å². The molecule has 0 radical (unpaired) electrons. The van der Waals surface area contributed by atoms with Crippen LogP contribution in [0.4, 0.5) is 10.6 Å². The average molecular weight is 316 g/mol. The fourth-order valence-electron chi connectivity index (χ4n) is 3.61. The Balaban J connectivity index is 1.39. The summed E-state index contributed by atoms with van der Waals surface area (Å²) >= 11 is 0. The summed E-state index contributed by atoms with van der Waals surface area (Å²) in [6.45, 7) is 4.19. The normalized spacial score (nSPS) is 25.9. The first kappa shape index (κ1) is 16.1. The summed E-state index contributed by atoms with van der Waals surface area (Å²) in [6.07, 6.45) is 8.48. The zero-order chi connectivity index (χ0) is 16.1. The second kappa shape index (κ2) is 7.66. The highest BCUT2D eigenvalue weighted by molar-refractivity contribution is 5.74. The van der Waals surface area contributed by atoms with Gasteiger partial charge in [-0.2, -0.15) is 0 Å². The first-order valence-corrected chi connectivity index (χ1v) is 8.93. The summed E-state index contributed by atoms with van der Waals surface area (Å²) in [5.74, 6) is 1.85. The zero-order valence-electron chi connectivity index (χ0n) is 14.0. The van der Waals surface area contributed by atoms with E-state index in [1.165, 1.54) is 12.8 Å². The van der Waals surface area contributed by atoms with Crippen molar-refractivity contribution in [3.63, 3.8) is 0 Å². The molecule has 2 amide bonds. The van der Waals surface area contributed by atoms with E-state index >= 15 is 0 Å². The first-order valence-electron chi connectivity index (χ1n) is 8.93. The number of carbonyl (C=O) groups excluding carboxylic acids is 1. The van der Waals surface area contributed by atoms with E-state index in [2.05, 4.69) is 27.4 Å². The van der Waals surface area contributed by atoms with E-state index in [1.807, 2.05) is 24.4 Å². The van der Waals surface area contributed by atoms with Gasteiger partial charge in [0.05, 0.1) is 0 Å². The molecule has 2 N–H and O–H groups in total. The summed E-state index contributed by atoms with van der Waals surface area (Å²) in [4.78, 5) is 18.9. The molecule has 2 aliphatic rings. The van der Waals surface area contributed by atoms with Crippen LogP contribution in [0, 0.1) is 5.92 Å². The number of hydrogen-bond acceptors (Lipinski definition) is 3. The zero-order valence-corrected chi connectivity index (χ0v) is 14.0. The number of piperidine rings is 1. The highest BCUT2D eigenvalue weighted by atomic mass is 16.2. The predicted molar refractivity (Wildman–Crippen MR) is 92.6 cm³/mol. The molecule has 1 saturated heterocycles. The van der Waals surface area contributed by atoms with Crippen molar-refractivity contribution in [3.05, 3.63) is 24.4 Å². The molecule has 0 unspecified atom stereocenters. The van der Waals surface area contributed by atoms with Gasteiger partial charge in [-0.3, -0.25) is 0 Å². The van der Waals surface area contributed by atoms with Crippen LogP contribution in [0.2, 0.25) is 0 Å². The number of pyridine rings is 1. The number of nitrogens with zero attached hydrogens (tertiary/aromatic N) is 2. The molecule has 2 heterocycles. The molecule has 5 nitrogen and oxygen atoms in total. The lowest BCUT2D eigenvalue weighted by atomic mass is 9.87. The van der Waals surface area contributed by atoms with E-state index in [1.54, 1.807) is 0 Å². The summed E-state index contributed by atoms with van der Waals surface area (Å²) in [5, 5.41) is 6.31. The minimum atomic E-state index is 0.0147. The second-order valence-corrected chi connectivity index (χ2v) is 7.02. The molecule has 3 rings (SSSR count). The molecule has 0 bridgehead atoms. The average Bonchev–Trinajstić information content (AvgIpc) is 2.58. The standard InChI is InChI=1S/C18H28N4O/c1-14-5-7-15(8-6-14)20-18(23)21-16-9-12-22(13-10-16)17-4-2-3-11-19-17/h2-4,11,14-16H,5-10,12-13H2,1H3,(H2,20,21,23). The Morgan fingerprint density at radius 3 is 2.30 bits per heavy atom. The van der Waals surface area contributed by atoms with Gasteiger partial charge in [0.25, 0.3) is 0 Å². The highest BCUT2D eigenvalue weighted by Crippen LogP contribution is 2.23. The van der Waals surface area contributed by atoms with Crippen molar-refractivity contribution in [1.29, 1.82) is 0 Å². The third kappa shape index (κ3) is 4.60. The molecule has 1 aliphatic carbocycles. The fourth-order valence-corrected chi connectivity index (χ4v) is 3.61. The Labute approximate surface area is 138 Å². The molecule has 23 heavy (non-hydrogen) atoms. The number of urea groups is 1. The Morgan fingerprint density at radius 2 is 1.70 bits per heavy atom. The van der Waals surface area contributed by atoms with Gasteiger partial charge in [0, 0.05) is 31.4 Å². The molecule has 0 aromatic carbocycles. The molecule has 0 spiro atoms. The number of nitrogens with one attached hydrogen (secondary N) is 2. The molecule has 2 fully saturated rings. The third-order valence-corrected chi connectivity index (χ3v) is 5.15. The molecule has 0 atom stereocenters. The monoisotopic (exact) mass is 316 g/mol. The van der Waals surface area contributed by atoms with Crippen molar-refractivity contribution in [2.75, 3.05) is 18.0 Å². The van der Waals surface area contributed by atoms with Crippen molar-refractivity contribution in [1.82, 2.24) is 15.6 Å². The van der Waals surface area contributed by atoms with Crippen LogP contribution in [0.5, 0.6) is 0 Å². The van der Waals surface area contributed by atoms with Crippen LogP contribution in [0.15, 0.2) is 24.4 Å². The summed E-state index contributed by atoms with van der Waals surface area (Å²) in [5.41, 5.74) is 0. The van der Waals surface area contributed by atoms with E-state index in [-0.39, 0.29) is 12.1 Å². The summed E-state index contributed by atoms with van der Waals surface area (Å²) < 4.78 is 0. The Kier molecular flexibility index (Phi) is 5.36. The minimum Gasteiger partial charge on any atom is -0.356 e. The largest absolute Gasteiger partial charge is 0.356 e. The smallest absolute Gasteiger partial charge is 0.315 e. The number of hydrogen-bond donors (Lipinski definition) is 2. The van der Waals surface area contributed by atoms with Gasteiger partial charge < -0.3 is 15.5 Å². The minimum absolute atomic E-state index is 0.0147. The van der Waals surface area contributed by atoms with Crippen molar-refractivity contribution in [2.45, 2.75) is 57.5 Å². The van der Waals surface area contributed by atoms with Crippen LogP contribution in [0.1, 0.15) is 45.4 Å². The lowest BCUT2D eigenvalue weighted by molar-refractivity contribution is 0.222. The quantitative estimate of drug-likeness (QED) is 0.901. The van der Waals surface area contributed by atoms with Crippen LogP contribution in [0.3, 0.4) is 0 Å². The van der Waals surface area contributed by atoms with Crippen LogP contribution in [0.25, 0.3) is 0 Å².